The SMILES string of the molecule is CC(C)(C)OC(=O)N1CSC[C@H]1C(=O)NC(C(=O)NC1CCN(Cc2ccccc2)CC1)C(C)(C)SCC1CCCCC1. The van der Waals surface area contributed by atoms with E-state index in [2.05, 4.69) is 53.6 Å². The number of hydrogen-bond donors (Lipinski definition) is 2. The number of likely N-dealkylation sites (tertiary alicyclic amines) is 1. The lowest BCUT2D eigenvalue weighted by molar-refractivity contribution is -0.132. The first-order chi connectivity index (χ1) is 20.4. The summed E-state index contributed by atoms with van der Waals surface area (Å²) < 4.78 is 5.06. The van der Waals surface area contributed by atoms with Crippen molar-refractivity contribution in [1.82, 2.24) is 20.4 Å². The lowest BCUT2D eigenvalue weighted by atomic mass is 9.91. The molecule has 1 unspecified atom stereocenters. The molecule has 0 spiro atoms. The molecule has 3 amide bonds. The Morgan fingerprint density at radius 1 is 1.00 bits per heavy atom. The summed E-state index contributed by atoms with van der Waals surface area (Å²) in [6.45, 7) is 12.4. The number of carbonyl (C=O) groups is 3. The van der Waals surface area contributed by atoms with Gasteiger partial charge in [0.2, 0.25) is 11.8 Å². The van der Waals surface area contributed by atoms with E-state index < -0.39 is 28.5 Å². The van der Waals surface area contributed by atoms with E-state index in [4.69, 9.17) is 4.74 Å². The van der Waals surface area contributed by atoms with Crippen LogP contribution in [0.25, 0.3) is 0 Å². The van der Waals surface area contributed by atoms with E-state index in [1.807, 2.05) is 26.8 Å². The van der Waals surface area contributed by atoms with Gasteiger partial charge in [-0.3, -0.25) is 19.4 Å². The second-order valence-electron chi connectivity index (χ2n) is 13.9. The van der Waals surface area contributed by atoms with Crippen molar-refractivity contribution in [3.05, 3.63) is 35.9 Å². The Bertz CT molecular complexity index is 1070. The van der Waals surface area contributed by atoms with Crippen LogP contribution in [0.3, 0.4) is 0 Å². The van der Waals surface area contributed by atoms with Crippen LogP contribution in [0.2, 0.25) is 0 Å². The minimum absolute atomic E-state index is 0.0679. The van der Waals surface area contributed by atoms with Gasteiger partial charge < -0.3 is 15.4 Å². The van der Waals surface area contributed by atoms with Crippen LogP contribution in [0.15, 0.2) is 30.3 Å². The first-order valence-corrected chi connectivity index (χ1v) is 18.1. The van der Waals surface area contributed by atoms with Gasteiger partial charge in [-0.15, -0.1) is 11.8 Å². The van der Waals surface area contributed by atoms with Crippen molar-refractivity contribution in [3.63, 3.8) is 0 Å². The number of ether oxygens (including phenoxy) is 1. The molecule has 1 aliphatic carbocycles. The second-order valence-corrected chi connectivity index (χ2v) is 16.5. The first kappa shape index (κ1) is 34.0. The zero-order valence-electron chi connectivity index (χ0n) is 26.7. The lowest BCUT2D eigenvalue weighted by Gasteiger charge is -2.38. The third-order valence-electron chi connectivity index (χ3n) is 8.66. The monoisotopic (exact) mass is 632 g/mol. The minimum Gasteiger partial charge on any atom is -0.444 e. The Labute approximate surface area is 267 Å². The van der Waals surface area contributed by atoms with E-state index in [1.54, 1.807) is 11.8 Å². The summed E-state index contributed by atoms with van der Waals surface area (Å²) in [6.07, 6.45) is 7.58. The van der Waals surface area contributed by atoms with Gasteiger partial charge in [-0.2, -0.15) is 11.8 Å². The maximum Gasteiger partial charge on any atom is 0.411 e. The fourth-order valence-electron chi connectivity index (χ4n) is 6.09. The molecule has 43 heavy (non-hydrogen) atoms. The Hall–Kier alpha value is -1.91. The van der Waals surface area contributed by atoms with Gasteiger partial charge in [-0.1, -0.05) is 49.6 Å². The molecule has 1 saturated carbocycles. The molecular formula is C33H52N4O4S2. The Morgan fingerprint density at radius 2 is 1.67 bits per heavy atom. The summed E-state index contributed by atoms with van der Waals surface area (Å²) in [5.41, 5.74) is 0.650. The number of nitrogens with one attached hydrogen (secondary N) is 2. The number of hydrogen-bond acceptors (Lipinski definition) is 7. The van der Waals surface area contributed by atoms with Gasteiger partial charge in [-0.25, -0.2) is 4.79 Å². The van der Waals surface area contributed by atoms with Crippen molar-refractivity contribution < 1.29 is 19.1 Å². The van der Waals surface area contributed by atoms with E-state index >= 15 is 0 Å². The fraction of sp³-hybridized carbons (Fsp3) is 0.727. The lowest BCUT2D eigenvalue weighted by Crippen LogP contribution is -2.61. The van der Waals surface area contributed by atoms with Crippen molar-refractivity contribution in [2.24, 2.45) is 5.92 Å². The van der Waals surface area contributed by atoms with Gasteiger partial charge in [0, 0.05) is 36.2 Å². The molecule has 2 N–H and O–H groups in total. The molecule has 2 aliphatic heterocycles. The van der Waals surface area contributed by atoms with Gasteiger partial charge in [-0.05, 0) is 77.5 Å². The topological polar surface area (TPSA) is 91.0 Å². The van der Waals surface area contributed by atoms with E-state index in [9.17, 15) is 14.4 Å². The molecule has 240 valence electrons. The standard InChI is InChI=1S/C33H52N4O4S2/c1-32(2,3)41-31(40)37-23-42-22-27(37)29(38)35-28(33(4,5)43-21-25-14-10-7-11-15-25)30(39)34-26-16-18-36(19-17-26)20-24-12-8-6-9-13-24/h6,8-9,12-13,25-28H,7,10-11,14-23H2,1-5H3,(H,34,39)(H,35,38)/t27-,28?/m0/s1. The number of amides is 3. The third-order valence-corrected chi connectivity index (χ3v) is 11.3. The number of benzene rings is 1. The van der Waals surface area contributed by atoms with Gasteiger partial charge >= 0.3 is 6.09 Å². The molecule has 0 bridgehead atoms. The van der Waals surface area contributed by atoms with Crippen LogP contribution in [-0.2, 0) is 20.9 Å². The zero-order chi connectivity index (χ0) is 31.0. The minimum atomic E-state index is -0.720. The van der Waals surface area contributed by atoms with Crippen LogP contribution in [-0.4, -0.2) is 86.7 Å². The van der Waals surface area contributed by atoms with Crippen molar-refractivity contribution in [1.29, 1.82) is 0 Å². The Kier molecular flexibility index (Phi) is 12.2. The number of rotatable bonds is 10. The highest BCUT2D eigenvalue weighted by atomic mass is 32.2. The van der Waals surface area contributed by atoms with E-state index in [-0.39, 0.29) is 17.9 Å². The molecule has 1 aromatic carbocycles. The van der Waals surface area contributed by atoms with Crippen LogP contribution >= 0.6 is 23.5 Å². The Morgan fingerprint density at radius 3 is 2.33 bits per heavy atom. The third kappa shape index (κ3) is 10.3. The summed E-state index contributed by atoms with van der Waals surface area (Å²) in [6, 6.07) is 9.16. The molecule has 0 radical (unpaired) electrons. The molecule has 4 rings (SSSR count). The maximum absolute atomic E-state index is 14.0. The molecular weight excluding hydrogens is 581 g/mol. The second kappa shape index (κ2) is 15.4. The average molecular weight is 633 g/mol. The van der Waals surface area contributed by atoms with Crippen LogP contribution < -0.4 is 10.6 Å². The largest absolute Gasteiger partial charge is 0.444 e. The summed E-state index contributed by atoms with van der Waals surface area (Å²) in [4.78, 5) is 44.5. The van der Waals surface area contributed by atoms with Crippen molar-refractivity contribution in [3.8, 4) is 0 Å². The molecule has 3 fully saturated rings. The molecule has 10 heteroatoms. The molecule has 3 aliphatic rings. The van der Waals surface area contributed by atoms with E-state index in [0.29, 0.717) is 17.5 Å². The van der Waals surface area contributed by atoms with Crippen LogP contribution in [0.4, 0.5) is 4.79 Å². The van der Waals surface area contributed by atoms with Gasteiger partial charge in [0.1, 0.15) is 17.7 Å². The predicted molar refractivity (Wildman–Crippen MR) is 177 cm³/mol. The fourth-order valence-corrected chi connectivity index (χ4v) is 8.56. The molecule has 2 atom stereocenters. The number of thioether (sulfide) groups is 2. The van der Waals surface area contributed by atoms with Crippen molar-refractivity contribution in [2.45, 2.75) is 115 Å². The highest BCUT2D eigenvalue weighted by Gasteiger charge is 2.43. The molecule has 2 saturated heterocycles. The Balaban J connectivity index is 1.40. The van der Waals surface area contributed by atoms with Gasteiger partial charge in [0.05, 0.1) is 5.88 Å². The number of carbonyl (C=O) groups excluding carboxylic acids is 3. The number of nitrogens with zero attached hydrogens (tertiary/aromatic N) is 2. The summed E-state index contributed by atoms with van der Waals surface area (Å²) in [5.74, 6) is 2.08. The van der Waals surface area contributed by atoms with E-state index in [0.717, 1.165) is 38.2 Å². The van der Waals surface area contributed by atoms with Crippen LogP contribution in [0, 0.1) is 5.92 Å². The van der Waals surface area contributed by atoms with Crippen molar-refractivity contribution in [2.75, 3.05) is 30.5 Å². The molecule has 1 aromatic rings. The highest BCUT2D eigenvalue weighted by molar-refractivity contribution is 8.00. The van der Waals surface area contributed by atoms with Gasteiger partial charge in [0.15, 0.2) is 0 Å². The van der Waals surface area contributed by atoms with Gasteiger partial charge in [0.25, 0.3) is 0 Å². The zero-order valence-corrected chi connectivity index (χ0v) is 28.4. The predicted octanol–water partition coefficient (Wildman–Crippen LogP) is 5.65. The number of piperidine rings is 1. The quantitative estimate of drug-likeness (QED) is 0.344. The van der Waals surface area contributed by atoms with E-state index in [1.165, 1.54) is 54.3 Å². The highest BCUT2D eigenvalue weighted by Crippen LogP contribution is 2.35. The molecule has 2 heterocycles. The summed E-state index contributed by atoms with van der Waals surface area (Å²) >= 11 is 3.32. The normalized spacial score (nSPS) is 21.8. The van der Waals surface area contributed by atoms with Crippen LogP contribution in [0.1, 0.15) is 85.1 Å². The first-order valence-electron chi connectivity index (χ1n) is 16.0. The van der Waals surface area contributed by atoms with Crippen molar-refractivity contribution >= 4 is 41.4 Å². The van der Waals surface area contributed by atoms with Crippen LogP contribution in [0.5, 0.6) is 0 Å². The molecule has 8 nitrogen and oxygen atoms in total. The maximum atomic E-state index is 14.0. The molecule has 0 aromatic heterocycles. The smallest absolute Gasteiger partial charge is 0.411 e. The summed E-state index contributed by atoms with van der Waals surface area (Å²) in [5, 5.41) is 6.42. The summed E-state index contributed by atoms with van der Waals surface area (Å²) in [7, 11) is 0. The average Bonchev–Trinajstić information content (AvgIpc) is 3.47.